The number of ether oxygens (including phenoxy) is 1. The second-order valence-corrected chi connectivity index (χ2v) is 5.25. The van der Waals surface area contributed by atoms with Crippen LogP contribution in [0.1, 0.15) is 84.0 Å². The summed E-state index contributed by atoms with van der Waals surface area (Å²) in [4.78, 5) is 0. The SMILES string of the molecule is CCCCCCCCCCOC1CCCC1. The zero-order valence-electron chi connectivity index (χ0n) is 11.2. The summed E-state index contributed by atoms with van der Waals surface area (Å²) in [6.45, 7) is 3.29. The molecule has 1 aliphatic rings. The highest BCUT2D eigenvalue weighted by molar-refractivity contribution is 4.66. The molecule has 96 valence electrons. The van der Waals surface area contributed by atoms with Gasteiger partial charge in [-0.15, -0.1) is 0 Å². The van der Waals surface area contributed by atoms with Crippen LogP contribution in [-0.2, 0) is 4.74 Å². The Bertz CT molecular complexity index is 138. The summed E-state index contributed by atoms with van der Waals surface area (Å²) in [6, 6.07) is 0. The first kappa shape index (κ1) is 14.0. The Morgan fingerprint density at radius 2 is 1.38 bits per heavy atom. The fourth-order valence-electron chi connectivity index (χ4n) is 2.54. The van der Waals surface area contributed by atoms with E-state index in [-0.39, 0.29) is 0 Å². The van der Waals surface area contributed by atoms with E-state index in [2.05, 4.69) is 6.92 Å². The van der Waals surface area contributed by atoms with Crippen molar-refractivity contribution in [2.45, 2.75) is 90.1 Å². The van der Waals surface area contributed by atoms with Crippen LogP contribution in [0.4, 0.5) is 0 Å². The van der Waals surface area contributed by atoms with Crippen molar-refractivity contribution in [1.29, 1.82) is 0 Å². The zero-order chi connectivity index (χ0) is 11.5. The van der Waals surface area contributed by atoms with E-state index in [4.69, 9.17) is 4.74 Å². The molecular weight excluding hydrogens is 196 g/mol. The topological polar surface area (TPSA) is 9.23 Å². The number of hydrogen-bond donors (Lipinski definition) is 0. The van der Waals surface area contributed by atoms with Gasteiger partial charge in [0.05, 0.1) is 6.10 Å². The summed E-state index contributed by atoms with van der Waals surface area (Å²) >= 11 is 0. The molecule has 0 radical (unpaired) electrons. The summed E-state index contributed by atoms with van der Waals surface area (Å²) in [5, 5.41) is 0. The summed E-state index contributed by atoms with van der Waals surface area (Å²) in [6.07, 6.45) is 17.2. The number of rotatable bonds is 10. The van der Waals surface area contributed by atoms with Crippen molar-refractivity contribution in [2.75, 3.05) is 6.61 Å². The lowest BCUT2D eigenvalue weighted by atomic mass is 10.1. The molecule has 1 heteroatoms. The van der Waals surface area contributed by atoms with Crippen LogP contribution in [0.25, 0.3) is 0 Å². The Morgan fingerprint density at radius 3 is 2.00 bits per heavy atom. The van der Waals surface area contributed by atoms with Crippen LogP contribution in [0.3, 0.4) is 0 Å². The third kappa shape index (κ3) is 7.27. The minimum atomic E-state index is 0.615. The maximum atomic E-state index is 5.85. The highest BCUT2D eigenvalue weighted by atomic mass is 16.5. The molecule has 0 heterocycles. The fraction of sp³-hybridized carbons (Fsp3) is 1.00. The summed E-state index contributed by atoms with van der Waals surface area (Å²) in [7, 11) is 0. The van der Waals surface area contributed by atoms with Gasteiger partial charge in [0.25, 0.3) is 0 Å². The van der Waals surface area contributed by atoms with Gasteiger partial charge in [-0.1, -0.05) is 64.7 Å². The Morgan fingerprint density at radius 1 is 0.812 bits per heavy atom. The van der Waals surface area contributed by atoms with Gasteiger partial charge in [0, 0.05) is 6.61 Å². The van der Waals surface area contributed by atoms with Crippen LogP contribution >= 0.6 is 0 Å². The molecule has 1 saturated carbocycles. The molecule has 1 nitrogen and oxygen atoms in total. The molecule has 1 fully saturated rings. The smallest absolute Gasteiger partial charge is 0.0575 e. The molecule has 16 heavy (non-hydrogen) atoms. The van der Waals surface area contributed by atoms with Gasteiger partial charge >= 0.3 is 0 Å². The largest absolute Gasteiger partial charge is 0.378 e. The van der Waals surface area contributed by atoms with Gasteiger partial charge in [0.2, 0.25) is 0 Å². The first-order valence-corrected chi connectivity index (χ1v) is 7.55. The molecule has 0 aromatic carbocycles. The van der Waals surface area contributed by atoms with Gasteiger partial charge in [-0.3, -0.25) is 0 Å². The molecule has 0 bridgehead atoms. The second kappa shape index (κ2) is 10.1. The van der Waals surface area contributed by atoms with Crippen molar-refractivity contribution in [3.8, 4) is 0 Å². The molecule has 0 aromatic heterocycles. The third-order valence-corrected chi connectivity index (χ3v) is 3.65. The molecule has 0 atom stereocenters. The van der Waals surface area contributed by atoms with Crippen molar-refractivity contribution in [1.82, 2.24) is 0 Å². The molecule has 0 saturated heterocycles. The van der Waals surface area contributed by atoms with Crippen molar-refractivity contribution in [2.24, 2.45) is 0 Å². The second-order valence-electron chi connectivity index (χ2n) is 5.25. The summed E-state index contributed by atoms with van der Waals surface area (Å²) in [5.41, 5.74) is 0. The maximum absolute atomic E-state index is 5.85. The Hall–Kier alpha value is -0.0400. The van der Waals surface area contributed by atoms with Gasteiger partial charge in [-0.05, 0) is 19.3 Å². The van der Waals surface area contributed by atoms with E-state index < -0.39 is 0 Å². The molecule has 0 unspecified atom stereocenters. The van der Waals surface area contributed by atoms with E-state index in [0.29, 0.717) is 6.10 Å². The lowest BCUT2D eigenvalue weighted by Gasteiger charge is -2.10. The summed E-state index contributed by atoms with van der Waals surface area (Å²) in [5.74, 6) is 0. The first-order valence-electron chi connectivity index (χ1n) is 7.55. The lowest BCUT2D eigenvalue weighted by molar-refractivity contribution is 0.0556. The average Bonchev–Trinajstić information content (AvgIpc) is 2.80. The Kier molecular flexibility index (Phi) is 8.88. The normalized spacial score (nSPS) is 17.1. The van der Waals surface area contributed by atoms with Crippen molar-refractivity contribution >= 4 is 0 Å². The van der Waals surface area contributed by atoms with E-state index in [1.165, 1.54) is 77.0 Å². The van der Waals surface area contributed by atoms with Crippen LogP contribution in [0.5, 0.6) is 0 Å². The minimum absolute atomic E-state index is 0.615. The lowest BCUT2D eigenvalue weighted by Crippen LogP contribution is -2.08. The highest BCUT2D eigenvalue weighted by Gasteiger charge is 2.14. The third-order valence-electron chi connectivity index (χ3n) is 3.65. The predicted octanol–water partition coefficient (Wildman–Crippen LogP) is 5.09. The number of hydrogen-bond acceptors (Lipinski definition) is 1. The molecule has 0 amide bonds. The van der Waals surface area contributed by atoms with Gasteiger partial charge in [-0.25, -0.2) is 0 Å². The van der Waals surface area contributed by atoms with Crippen molar-refractivity contribution < 1.29 is 4.74 Å². The van der Waals surface area contributed by atoms with E-state index in [1.807, 2.05) is 0 Å². The van der Waals surface area contributed by atoms with E-state index in [1.54, 1.807) is 0 Å². The van der Waals surface area contributed by atoms with Gasteiger partial charge in [0.1, 0.15) is 0 Å². The predicted molar refractivity (Wildman–Crippen MR) is 70.8 cm³/mol. The van der Waals surface area contributed by atoms with E-state index in [9.17, 15) is 0 Å². The molecule has 1 rings (SSSR count). The Balaban J connectivity index is 1.71. The Labute approximate surface area is 102 Å². The van der Waals surface area contributed by atoms with Gasteiger partial charge in [0.15, 0.2) is 0 Å². The standard InChI is InChI=1S/C15H30O/c1-2-3-4-5-6-7-8-11-14-16-15-12-9-10-13-15/h15H,2-14H2,1H3. The van der Waals surface area contributed by atoms with Crippen LogP contribution in [0.2, 0.25) is 0 Å². The van der Waals surface area contributed by atoms with Crippen molar-refractivity contribution in [3.05, 3.63) is 0 Å². The monoisotopic (exact) mass is 226 g/mol. The van der Waals surface area contributed by atoms with E-state index in [0.717, 1.165) is 6.61 Å². The van der Waals surface area contributed by atoms with Crippen LogP contribution < -0.4 is 0 Å². The number of unbranched alkanes of at least 4 members (excludes halogenated alkanes) is 7. The van der Waals surface area contributed by atoms with E-state index >= 15 is 0 Å². The van der Waals surface area contributed by atoms with Gasteiger partial charge < -0.3 is 4.74 Å². The highest BCUT2D eigenvalue weighted by Crippen LogP contribution is 2.21. The molecule has 1 aliphatic carbocycles. The van der Waals surface area contributed by atoms with Crippen LogP contribution in [-0.4, -0.2) is 12.7 Å². The zero-order valence-corrected chi connectivity index (χ0v) is 11.2. The average molecular weight is 226 g/mol. The van der Waals surface area contributed by atoms with Crippen LogP contribution in [0.15, 0.2) is 0 Å². The molecule has 0 N–H and O–H groups in total. The molecule has 0 aromatic rings. The molecular formula is C15H30O. The first-order chi connectivity index (χ1) is 7.93. The van der Waals surface area contributed by atoms with Crippen molar-refractivity contribution in [3.63, 3.8) is 0 Å². The molecule has 0 spiro atoms. The fourth-order valence-corrected chi connectivity index (χ4v) is 2.54. The maximum Gasteiger partial charge on any atom is 0.0575 e. The quantitative estimate of drug-likeness (QED) is 0.472. The molecule has 0 aliphatic heterocycles. The van der Waals surface area contributed by atoms with Gasteiger partial charge in [-0.2, -0.15) is 0 Å². The summed E-state index contributed by atoms with van der Waals surface area (Å²) < 4.78 is 5.85. The van der Waals surface area contributed by atoms with Crippen LogP contribution in [0, 0.1) is 0 Å². The minimum Gasteiger partial charge on any atom is -0.378 e.